The van der Waals surface area contributed by atoms with Crippen LogP contribution in [0.2, 0.25) is 0 Å². The monoisotopic (exact) mass is 332 g/mol. The van der Waals surface area contributed by atoms with Gasteiger partial charge in [-0.15, -0.1) is 0 Å². The zero-order valence-electron chi connectivity index (χ0n) is 15.0. The molecule has 4 heteroatoms. The number of hydrogen-bond acceptors (Lipinski definition) is 4. The van der Waals surface area contributed by atoms with Crippen LogP contribution in [0.3, 0.4) is 0 Å². The molecule has 2 bridgehead atoms. The fourth-order valence-electron chi connectivity index (χ4n) is 5.86. The molecule has 1 saturated heterocycles. The van der Waals surface area contributed by atoms with E-state index in [1.807, 2.05) is 12.1 Å². The number of rotatable bonds is 3. The Morgan fingerprint density at radius 3 is 2.67 bits per heavy atom. The number of ether oxygens (including phenoxy) is 3. The average Bonchev–Trinajstić information content (AvgIpc) is 3.08. The van der Waals surface area contributed by atoms with E-state index in [1.165, 1.54) is 0 Å². The van der Waals surface area contributed by atoms with E-state index >= 15 is 0 Å². The van der Waals surface area contributed by atoms with E-state index in [0.29, 0.717) is 18.4 Å². The summed E-state index contributed by atoms with van der Waals surface area (Å²) in [6.45, 7) is 5.15. The smallest absolute Gasteiger partial charge is 0.166 e. The number of aliphatic hydroxyl groups excluding tert-OH is 1. The fourth-order valence-corrected chi connectivity index (χ4v) is 5.86. The molecule has 0 unspecified atom stereocenters. The van der Waals surface area contributed by atoms with Gasteiger partial charge in [0.15, 0.2) is 11.5 Å². The van der Waals surface area contributed by atoms with E-state index in [4.69, 9.17) is 14.2 Å². The van der Waals surface area contributed by atoms with Crippen molar-refractivity contribution in [2.75, 3.05) is 20.8 Å². The third kappa shape index (κ3) is 1.93. The van der Waals surface area contributed by atoms with Gasteiger partial charge in [-0.2, -0.15) is 0 Å². The predicted octanol–water partition coefficient (Wildman–Crippen LogP) is 3.58. The fraction of sp³-hybridized carbons (Fsp3) is 0.700. The molecule has 1 heterocycles. The van der Waals surface area contributed by atoms with E-state index in [1.54, 1.807) is 14.2 Å². The van der Waals surface area contributed by atoms with Crippen molar-refractivity contribution in [2.24, 2.45) is 22.7 Å². The summed E-state index contributed by atoms with van der Waals surface area (Å²) in [5.41, 5.74) is 1.06. The van der Waals surface area contributed by atoms with E-state index in [0.717, 1.165) is 36.3 Å². The van der Waals surface area contributed by atoms with Crippen LogP contribution in [0.5, 0.6) is 11.5 Å². The van der Waals surface area contributed by atoms with Crippen LogP contribution in [0.4, 0.5) is 0 Å². The van der Waals surface area contributed by atoms with Crippen LogP contribution in [-0.2, 0) is 4.74 Å². The van der Waals surface area contributed by atoms with Crippen molar-refractivity contribution in [3.8, 4) is 11.5 Å². The van der Waals surface area contributed by atoms with Crippen molar-refractivity contribution in [3.63, 3.8) is 0 Å². The summed E-state index contributed by atoms with van der Waals surface area (Å²) >= 11 is 0. The first kappa shape index (κ1) is 16.2. The predicted molar refractivity (Wildman–Crippen MR) is 91.3 cm³/mol. The number of aliphatic hydroxyl groups is 1. The van der Waals surface area contributed by atoms with Crippen LogP contribution in [0.25, 0.3) is 0 Å². The first-order chi connectivity index (χ1) is 11.5. The van der Waals surface area contributed by atoms with E-state index in [-0.39, 0.29) is 23.0 Å². The largest absolute Gasteiger partial charge is 0.493 e. The molecule has 0 amide bonds. The Morgan fingerprint density at radius 1 is 1.21 bits per heavy atom. The van der Waals surface area contributed by atoms with Gasteiger partial charge in [-0.3, -0.25) is 0 Å². The first-order valence-corrected chi connectivity index (χ1v) is 8.96. The van der Waals surface area contributed by atoms with E-state index in [9.17, 15) is 5.11 Å². The Morgan fingerprint density at radius 2 is 2.00 bits per heavy atom. The number of methoxy groups -OCH3 is 2. The van der Waals surface area contributed by atoms with Gasteiger partial charge in [0.05, 0.1) is 26.4 Å². The lowest BCUT2D eigenvalue weighted by Crippen LogP contribution is -2.51. The Kier molecular flexibility index (Phi) is 3.63. The van der Waals surface area contributed by atoms with Gasteiger partial charge in [-0.25, -0.2) is 0 Å². The summed E-state index contributed by atoms with van der Waals surface area (Å²) in [4.78, 5) is 0. The molecule has 2 aliphatic carbocycles. The number of para-hydroxylation sites is 1. The molecule has 3 aliphatic rings. The summed E-state index contributed by atoms with van der Waals surface area (Å²) in [5, 5.41) is 11.1. The molecule has 1 aromatic rings. The van der Waals surface area contributed by atoms with Gasteiger partial charge in [0.1, 0.15) is 0 Å². The lowest BCUT2D eigenvalue weighted by molar-refractivity contribution is -0.164. The molecule has 4 rings (SSSR count). The number of hydrogen-bond donors (Lipinski definition) is 1. The zero-order chi connectivity index (χ0) is 17.1. The molecule has 2 saturated carbocycles. The van der Waals surface area contributed by atoms with Crippen LogP contribution in [0, 0.1) is 22.7 Å². The van der Waals surface area contributed by atoms with Gasteiger partial charge < -0.3 is 19.3 Å². The topological polar surface area (TPSA) is 47.9 Å². The molecule has 1 spiro atoms. The van der Waals surface area contributed by atoms with Crippen LogP contribution in [0.15, 0.2) is 18.2 Å². The minimum absolute atomic E-state index is 0.00876. The molecule has 1 N–H and O–H groups in total. The minimum Gasteiger partial charge on any atom is -0.493 e. The summed E-state index contributed by atoms with van der Waals surface area (Å²) in [6, 6.07) is 5.99. The van der Waals surface area contributed by atoms with E-state index in [2.05, 4.69) is 19.9 Å². The number of fused-ring (bicyclic) bond motifs is 1. The third-order valence-electron chi connectivity index (χ3n) is 7.18. The highest BCUT2D eigenvalue weighted by Gasteiger charge is 2.68. The molecule has 0 aromatic heterocycles. The maximum atomic E-state index is 11.1. The average molecular weight is 332 g/mol. The van der Waals surface area contributed by atoms with Crippen LogP contribution < -0.4 is 9.47 Å². The van der Waals surface area contributed by atoms with Crippen LogP contribution in [-0.4, -0.2) is 32.0 Å². The molecule has 1 aromatic carbocycles. The molecular weight excluding hydrogens is 304 g/mol. The maximum Gasteiger partial charge on any atom is 0.166 e. The van der Waals surface area contributed by atoms with Crippen molar-refractivity contribution in [1.82, 2.24) is 0 Å². The highest BCUT2D eigenvalue weighted by molar-refractivity contribution is 5.48. The Labute approximate surface area is 144 Å². The van der Waals surface area contributed by atoms with Gasteiger partial charge in [-0.05, 0) is 42.6 Å². The van der Waals surface area contributed by atoms with Gasteiger partial charge >= 0.3 is 0 Å². The standard InChI is InChI=1S/C20H28O4/c1-19(2)12-10-14-16(24-9-8-20(14,11-12)18(19)21)13-6-5-7-15(22-3)17(13)23-4/h5-7,12,14,16,18,21H,8-11H2,1-4H3/t12-,14-,16-,18-,20-/m1/s1. The molecule has 3 fully saturated rings. The second-order valence-electron chi connectivity index (χ2n) is 8.32. The van der Waals surface area contributed by atoms with Crippen molar-refractivity contribution < 1.29 is 19.3 Å². The summed E-state index contributed by atoms with van der Waals surface area (Å²) in [5.74, 6) is 2.42. The van der Waals surface area contributed by atoms with Crippen molar-refractivity contribution in [3.05, 3.63) is 23.8 Å². The van der Waals surface area contributed by atoms with Crippen molar-refractivity contribution in [2.45, 2.75) is 45.3 Å². The zero-order valence-corrected chi connectivity index (χ0v) is 15.0. The van der Waals surface area contributed by atoms with Crippen LogP contribution >= 0.6 is 0 Å². The normalized spacial score (nSPS) is 39.5. The maximum absolute atomic E-state index is 11.1. The Bertz CT molecular complexity index is 641. The van der Waals surface area contributed by atoms with Gasteiger partial charge in [0, 0.05) is 17.6 Å². The van der Waals surface area contributed by atoms with Gasteiger partial charge in [-0.1, -0.05) is 26.0 Å². The SMILES string of the molecule is COc1cccc([C@H]2OCC[C@@]34C[C@@H](C[C@H]23)C(C)(C)[C@H]4O)c1OC. The molecule has 132 valence electrons. The minimum atomic E-state index is -0.253. The second-order valence-corrected chi connectivity index (χ2v) is 8.32. The summed E-state index contributed by atoms with van der Waals surface area (Å²) < 4.78 is 17.3. The van der Waals surface area contributed by atoms with Crippen molar-refractivity contribution >= 4 is 0 Å². The lowest BCUT2D eigenvalue weighted by Gasteiger charge is -2.51. The van der Waals surface area contributed by atoms with Crippen LogP contribution in [0.1, 0.15) is 44.8 Å². The molecule has 1 aliphatic heterocycles. The Hall–Kier alpha value is -1.26. The molecule has 5 atom stereocenters. The highest BCUT2D eigenvalue weighted by Crippen LogP contribution is 2.70. The molecular formula is C20H28O4. The van der Waals surface area contributed by atoms with Gasteiger partial charge in [0.2, 0.25) is 0 Å². The number of benzene rings is 1. The summed E-state index contributed by atoms with van der Waals surface area (Å²) in [7, 11) is 3.34. The van der Waals surface area contributed by atoms with Gasteiger partial charge in [0.25, 0.3) is 0 Å². The summed E-state index contributed by atoms with van der Waals surface area (Å²) in [6.07, 6.45) is 2.92. The quantitative estimate of drug-likeness (QED) is 0.919. The highest BCUT2D eigenvalue weighted by atomic mass is 16.5. The first-order valence-electron chi connectivity index (χ1n) is 8.96. The molecule has 24 heavy (non-hydrogen) atoms. The molecule has 4 nitrogen and oxygen atoms in total. The van der Waals surface area contributed by atoms with Crippen molar-refractivity contribution in [1.29, 1.82) is 0 Å². The van der Waals surface area contributed by atoms with E-state index < -0.39 is 0 Å². The Balaban J connectivity index is 1.75. The third-order valence-corrected chi connectivity index (χ3v) is 7.18. The molecule has 0 radical (unpaired) electrons. The second kappa shape index (κ2) is 5.37. The lowest BCUT2D eigenvalue weighted by atomic mass is 9.60.